The third-order valence-electron chi connectivity index (χ3n) is 2.67. The standard InChI is InChI=1S/C12H13N5S/c1-7-8(2)16-17-12(11(7)4-13)15-6-10-5-14-9(3)18-10/h5H,6H2,1-3H3,(H,15,17). The Morgan fingerprint density at radius 3 is 2.72 bits per heavy atom. The molecule has 0 unspecified atom stereocenters. The van der Waals surface area contributed by atoms with Crippen LogP contribution < -0.4 is 5.32 Å². The molecular formula is C12H13N5S. The number of nitrogens with one attached hydrogen (secondary N) is 1. The number of rotatable bonds is 3. The van der Waals surface area contributed by atoms with Crippen molar-refractivity contribution < 1.29 is 0 Å². The average Bonchev–Trinajstić information content (AvgIpc) is 2.77. The lowest BCUT2D eigenvalue weighted by Gasteiger charge is -2.08. The minimum atomic E-state index is 0.534. The molecule has 2 rings (SSSR count). The highest BCUT2D eigenvalue weighted by Gasteiger charge is 2.10. The molecule has 92 valence electrons. The van der Waals surface area contributed by atoms with Gasteiger partial charge >= 0.3 is 0 Å². The minimum Gasteiger partial charge on any atom is -0.363 e. The van der Waals surface area contributed by atoms with E-state index >= 15 is 0 Å². The fourth-order valence-electron chi connectivity index (χ4n) is 1.53. The van der Waals surface area contributed by atoms with Crippen molar-refractivity contribution in [2.24, 2.45) is 0 Å². The molecule has 2 heterocycles. The van der Waals surface area contributed by atoms with Crippen LogP contribution in [0.1, 0.15) is 26.7 Å². The van der Waals surface area contributed by atoms with Crippen molar-refractivity contribution in [3.8, 4) is 6.07 Å². The average molecular weight is 259 g/mol. The first-order chi connectivity index (χ1) is 8.61. The first kappa shape index (κ1) is 12.5. The minimum absolute atomic E-state index is 0.534. The lowest BCUT2D eigenvalue weighted by atomic mass is 10.1. The zero-order valence-corrected chi connectivity index (χ0v) is 11.3. The van der Waals surface area contributed by atoms with Gasteiger partial charge in [0.25, 0.3) is 0 Å². The quantitative estimate of drug-likeness (QED) is 0.915. The normalized spacial score (nSPS) is 10.1. The predicted molar refractivity (Wildman–Crippen MR) is 70.4 cm³/mol. The molecule has 18 heavy (non-hydrogen) atoms. The summed E-state index contributed by atoms with van der Waals surface area (Å²) in [7, 11) is 0. The summed E-state index contributed by atoms with van der Waals surface area (Å²) in [6.07, 6.45) is 1.83. The summed E-state index contributed by atoms with van der Waals surface area (Å²) in [6.45, 7) is 6.30. The van der Waals surface area contributed by atoms with Gasteiger partial charge in [-0.15, -0.1) is 16.4 Å². The number of hydrogen-bond acceptors (Lipinski definition) is 6. The summed E-state index contributed by atoms with van der Waals surface area (Å²) in [5.74, 6) is 0.534. The molecule has 0 radical (unpaired) electrons. The van der Waals surface area contributed by atoms with E-state index in [1.807, 2.05) is 27.0 Å². The van der Waals surface area contributed by atoms with E-state index in [0.717, 1.165) is 21.1 Å². The molecule has 2 aromatic rings. The van der Waals surface area contributed by atoms with Gasteiger partial charge in [-0.05, 0) is 26.3 Å². The van der Waals surface area contributed by atoms with Crippen molar-refractivity contribution in [3.05, 3.63) is 32.9 Å². The Kier molecular flexibility index (Phi) is 3.53. The monoisotopic (exact) mass is 259 g/mol. The predicted octanol–water partition coefficient (Wildman–Crippen LogP) is 2.34. The Morgan fingerprint density at radius 2 is 2.11 bits per heavy atom. The molecule has 0 aliphatic carbocycles. The van der Waals surface area contributed by atoms with Gasteiger partial charge in [0.15, 0.2) is 5.82 Å². The largest absolute Gasteiger partial charge is 0.363 e. The van der Waals surface area contributed by atoms with Crippen LogP contribution in [0.3, 0.4) is 0 Å². The summed E-state index contributed by atoms with van der Waals surface area (Å²) in [5.41, 5.74) is 2.21. The maximum Gasteiger partial charge on any atom is 0.167 e. The number of nitriles is 1. The first-order valence-electron chi connectivity index (χ1n) is 5.51. The van der Waals surface area contributed by atoms with Crippen LogP contribution in [-0.4, -0.2) is 15.2 Å². The second kappa shape index (κ2) is 5.10. The third-order valence-corrected chi connectivity index (χ3v) is 3.58. The summed E-state index contributed by atoms with van der Waals surface area (Å²) in [5, 5.41) is 21.4. The number of anilines is 1. The van der Waals surface area contributed by atoms with Gasteiger partial charge in [0.1, 0.15) is 11.6 Å². The molecule has 0 spiro atoms. The molecule has 0 aromatic carbocycles. The van der Waals surface area contributed by atoms with Gasteiger partial charge in [0, 0.05) is 11.1 Å². The lowest BCUT2D eigenvalue weighted by molar-refractivity contribution is 0.943. The smallest absolute Gasteiger partial charge is 0.167 e. The summed E-state index contributed by atoms with van der Waals surface area (Å²) < 4.78 is 0. The Bertz CT molecular complexity index is 611. The maximum absolute atomic E-state index is 9.16. The molecule has 0 amide bonds. The highest BCUT2D eigenvalue weighted by molar-refractivity contribution is 7.11. The zero-order chi connectivity index (χ0) is 13.1. The van der Waals surface area contributed by atoms with Crippen LogP contribution in [-0.2, 0) is 6.54 Å². The van der Waals surface area contributed by atoms with E-state index in [1.165, 1.54) is 0 Å². The molecule has 0 fully saturated rings. The fourth-order valence-corrected chi connectivity index (χ4v) is 2.26. The number of hydrogen-bond donors (Lipinski definition) is 1. The van der Waals surface area contributed by atoms with Gasteiger partial charge in [-0.3, -0.25) is 0 Å². The van der Waals surface area contributed by atoms with Gasteiger partial charge in [-0.2, -0.15) is 10.4 Å². The Balaban J connectivity index is 2.20. The van der Waals surface area contributed by atoms with Crippen molar-refractivity contribution >= 4 is 17.2 Å². The highest BCUT2D eigenvalue weighted by atomic mass is 32.1. The van der Waals surface area contributed by atoms with Crippen molar-refractivity contribution in [3.63, 3.8) is 0 Å². The maximum atomic E-state index is 9.16. The summed E-state index contributed by atoms with van der Waals surface area (Å²) in [4.78, 5) is 5.29. The molecule has 5 nitrogen and oxygen atoms in total. The van der Waals surface area contributed by atoms with Crippen molar-refractivity contribution in [1.29, 1.82) is 5.26 Å². The number of thiazole rings is 1. The number of aromatic nitrogens is 3. The SMILES string of the molecule is Cc1ncc(CNc2nnc(C)c(C)c2C#N)s1. The molecule has 6 heteroatoms. The topological polar surface area (TPSA) is 74.5 Å². The van der Waals surface area contributed by atoms with Crippen molar-refractivity contribution in [2.75, 3.05) is 5.32 Å². The van der Waals surface area contributed by atoms with Crippen LogP contribution >= 0.6 is 11.3 Å². The molecule has 0 bridgehead atoms. The van der Waals surface area contributed by atoms with Crippen LogP contribution in [0.2, 0.25) is 0 Å². The number of nitrogens with zero attached hydrogens (tertiary/aromatic N) is 4. The molecule has 0 aliphatic rings. The van der Waals surface area contributed by atoms with Crippen LogP contribution in [0.5, 0.6) is 0 Å². The van der Waals surface area contributed by atoms with Crippen molar-refractivity contribution in [1.82, 2.24) is 15.2 Å². The molecule has 1 N–H and O–H groups in total. The first-order valence-corrected chi connectivity index (χ1v) is 6.32. The molecular weight excluding hydrogens is 246 g/mol. The van der Waals surface area contributed by atoms with E-state index < -0.39 is 0 Å². The zero-order valence-electron chi connectivity index (χ0n) is 10.5. The summed E-state index contributed by atoms with van der Waals surface area (Å²) in [6, 6.07) is 2.17. The Labute approximate surface area is 110 Å². The van der Waals surface area contributed by atoms with E-state index in [0.29, 0.717) is 17.9 Å². The fraction of sp³-hybridized carbons (Fsp3) is 0.333. The van der Waals surface area contributed by atoms with Gasteiger partial charge in [0.05, 0.1) is 17.2 Å². The molecule has 0 saturated carbocycles. The number of aryl methyl sites for hydroxylation is 2. The van der Waals surface area contributed by atoms with E-state index in [4.69, 9.17) is 5.26 Å². The van der Waals surface area contributed by atoms with Crippen LogP contribution in [0, 0.1) is 32.1 Å². The van der Waals surface area contributed by atoms with E-state index in [-0.39, 0.29) is 0 Å². The van der Waals surface area contributed by atoms with E-state index in [2.05, 4.69) is 26.6 Å². The second-order valence-corrected chi connectivity index (χ2v) is 5.26. The van der Waals surface area contributed by atoms with E-state index in [1.54, 1.807) is 11.3 Å². The third kappa shape index (κ3) is 2.46. The van der Waals surface area contributed by atoms with Crippen molar-refractivity contribution in [2.45, 2.75) is 27.3 Å². The molecule has 2 aromatic heterocycles. The highest BCUT2D eigenvalue weighted by Crippen LogP contribution is 2.19. The summed E-state index contributed by atoms with van der Waals surface area (Å²) >= 11 is 1.62. The van der Waals surface area contributed by atoms with Gasteiger partial charge in [-0.25, -0.2) is 4.98 Å². The van der Waals surface area contributed by atoms with Gasteiger partial charge in [-0.1, -0.05) is 0 Å². The van der Waals surface area contributed by atoms with E-state index in [9.17, 15) is 0 Å². The molecule has 0 saturated heterocycles. The Morgan fingerprint density at radius 1 is 1.33 bits per heavy atom. The second-order valence-electron chi connectivity index (χ2n) is 3.94. The van der Waals surface area contributed by atoms with Gasteiger partial charge in [0.2, 0.25) is 0 Å². The molecule has 0 atom stereocenters. The van der Waals surface area contributed by atoms with Crippen LogP contribution in [0.25, 0.3) is 0 Å². The lowest BCUT2D eigenvalue weighted by Crippen LogP contribution is -2.06. The van der Waals surface area contributed by atoms with Gasteiger partial charge < -0.3 is 5.32 Å². The Hall–Kier alpha value is -2.00. The van der Waals surface area contributed by atoms with Crippen LogP contribution in [0.15, 0.2) is 6.20 Å². The van der Waals surface area contributed by atoms with Crippen LogP contribution in [0.4, 0.5) is 5.82 Å². The molecule has 0 aliphatic heterocycles.